The molecule has 0 bridgehead atoms. The summed E-state index contributed by atoms with van der Waals surface area (Å²) in [6.45, 7) is 9.46. The van der Waals surface area contributed by atoms with Crippen molar-refractivity contribution in [3.8, 4) is 0 Å². The highest BCUT2D eigenvalue weighted by molar-refractivity contribution is 7.47. The zero-order valence-corrected chi connectivity index (χ0v) is 58.1. The predicted octanol–water partition coefficient (Wildman–Crippen LogP) is 19.2. The number of ether oxygens (including phenoxy) is 4. The van der Waals surface area contributed by atoms with Crippen LogP contribution in [0.5, 0.6) is 0 Å². The van der Waals surface area contributed by atoms with Crippen LogP contribution in [0.25, 0.3) is 0 Å². The Morgan fingerprint density at radius 3 is 0.782 bits per heavy atom. The van der Waals surface area contributed by atoms with Crippen molar-refractivity contribution in [3.05, 3.63) is 0 Å². The fourth-order valence-electron chi connectivity index (χ4n) is 10.2. The summed E-state index contributed by atoms with van der Waals surface area (Å²) in [7, 11) is -9.89. The van der Waals surface area contributed by atoms with E-state index in [4.69, 9.17) is 37.0 Å². The second-order valence-corrected chi connectivity index (χ2v) is 28.4. The Morgan fingerprint density at radius 1 is 0.310 bits per heavy atom. The molecule has 17 nitrogen and oxygen atoms in total. The minimum Gasteiger partial charge on any atom is -0.462 e. The number of hydrogen-bond donors (Lipinski definition) is 3. The molecular formula is C68H132O17P2. The van der Waals surface area contributed by atoms with Crippen molar-refractivity contribution < 1.29 is 80.2 Å². The van der Waals surface area contributed by atoms with E-state index in [0.717, 1.165) is 102 Å². The van der Waals surface area contributed by atoms with Gasteiger partial charge in [-0.3, -0.25) is 37.3 Å². The number of phosphoric acid groups is 2. The lowest BCUT2D eigenvalue weighted by atomic mass is 10.0. The van der Waals surface area contributed by atoms with E-state index in [1.165, 1.54) is 154 Å². The fourth-order valence-corrected chi connectivity index (χ4v) is 11.8. The molecule has 3 N–H and O–H groups in total. The third-order valence-corrected chi connectivity index (χ3v) is 17.6. The van der Waals surface area contributed by atoms with E-state index in [-0.39, 0.29) is 25.7 Å². The molecule has 19 heteroatoms. The maximum atomic E-state index is 13.0. The molecule has 2 unspecified atom stereocenters. The van der Waals surface area contributed by atoms with Crippen LogP contribution in [0.1, 0.15) is 343 Å². The van der Waals surface area contributed by atoms with Gasteiger partial charge in [-0.15, -0.1) is 0 Å². The monoisotopic (exact) mass is 1280 g/mol. The highest BCUT2D eigenvalue weighted by Crippen LogP contribution is 2.45. The molecule has 0 saturated carbocycles. The molecule has 0 aromatic rings. The van der Waals surface area contributed by atoms with Crippen LogP contribution in [0.4, 0.5) is 0 Å². The van der Waals surface area contributed by atoms with Crippen molar-refractivity contribution in [1.82, 2.24) is 0 Å². The molecule has 0 aromatic heterocycles. The number of carbonyl (C=O) groups excluding carboxylic acids is 4. The van der Waals surface area contributed by atoms with E-state index in [2.05, 4.69) is 41.5 Å². The van der Waals surface area contributed by atoms with E-state index < -0.39 is 97.5 Å². The Kier molecular flexibility index (Phi) is 59.0. The zero-order chi connectivity index (χ0) is 64.3. The summed E-state index contributed by atoms with van der Waals surface area (Å²) in [5, 5.41) is 10.6. The van der Waals surface area contributed by atoms with Gasteiger partial charge in [-0.1, -0.05) is 292 Å². The molecule has 0 heterocycles. The fraction of sp³-hybridized carbons (Fsp3) is 0.941. The molecule has 5 atom stereocenters. The summed E-state index contributed by atoms with van der Waals surface area (Å²) in [4.78, 5) is 72.4. The largest absolute Gasteiger partial charge is 0.472 e. The van der Waals surface area contributed by atoms with Gasteiger partial charge in [0.05, 0.1) is 26.4 Å². The SMILES string of the molecule is CCCCCCCCCCCCCCCC(=O)O[C@H](COC(=O)CCCCCCCCCCCC(C)C)COP(=O)(O)OC[C@@H](O)COP(=O)(O)OC[C@@H](COC(=O)CCCCCCCCCC(C)C)OC(=O)CCCCCCCCCCCCCC. The maximum absolute atomic E-state index is 13.0. The van der Waals surface area contributed by atoms with Crippen LogP contribution >= 0.6 is 15.6 Å². The highest BCUT2D eigenvalue weighted by atomic mass is 31.2. The summed E-state index contributed by atoms with van der Waals surface area (Å²) in [6, 6.07) is 0. The van der Waals surface area contributed by atoms with Crippen molar-refractivity contribution in [3.63, 3.8) is 0 Å². The van der Waals surface area contributed by atoms with Crippen molar-refractivity contribution in [2.75, 3.05) is 39.6 Å². The lowest BCUT2D eigenvalue weighted by molar-refractivity contribution is -0.161. The first-order valence-electron chi connectivity index (χ1n) is 35.5. The van der Waals surface area contributed by atoms with Gasteiger partial charge in [0.1, 0.15) is 19.3 Å². The standard InChI is InChI=1S/C68H132O17P2/c1-7-9-11-13-15-17-19-21-23-27-34-41-47-53-68(73)84-63(56-78-65(70)50-44-38-32-28-24-25-30-36-42-48-60(3)4)58-82-86(74,75)80-54-62(69)55-81-87(76,77)83-59-64(57-79-66(71)51-45-39-35-29-31-37-43-49-61(5)6)85-67(72)52-46-40-33-26-22-20-18-16-14-12-10-8-2/h60-64,69H,7-59H2,1-6H3,(H,74,75)(H,76,77)/t62-,63-,64-/m1/s1. The minimum atomic E-state index is -4.95. The lowest BCUT2D eigenvalue weighted by Gasteiger charge is -2.21. The second kappa shape index (κ2) is 60.3. The zero-order valence-electron chi connectivity index (χ0n) is 56.3. The van der Waals surface area contributed by atoms with Crippen molar-refractivity contribution >= 4 is 39.5 Å². The van der Waals surface area contributed by atoms with Gasteiger partial charge < -0.3 is 33.8 Å². The smallest absolute Gasteiger partial charge is 0.462 e. The van der Waals surface area contributed by atoms with Crippen LogP contribution in [0.15, 0.2) is 0 Å². The van der Waals surface area contributed by atoms with Gasteiger partial charge in [0.25, 0.3) is 0 Å². The van der Waals surface area contributed by atoms with Gasteiger partial charge in [0.2, 0.25) is 0 Å². The summed E-state index contributed by atoms with van der Waals surface area (Å²) in [6.07, 6.45) is 44.4. The van der Waals surface area contributed by atoms with Crippen LogP contribution in [0, 0.1) is 11.8 Å². The molecule has 0 radical (unpaired) electrons. The van der Waals surface area contributed by atoms with Gasteiger partial charge in [0, 0.05) is 25.7 Å². The normalized spacial score (nSPS) is 14.2. The van der Waals surface area contributed by atoms with Gasteiger partial charge in [0.15, 0.2) is 12.2 Å². The Hall–Kier alpha value is -1.94. The molecule has 0 rings (SSSR count). The third kappa shape index (κ3) is 62.6. The number of carbonyl (C=O) groups is 4. The molecule has 87 heavy (non-hydrogen) atoms. The van der Waals surface area contributed by atoms with E-state index in [9.17, 15) is 43.2 Å². The second-order valence-electron chi connectivity index (χ2n) is 25.5. The Balaban J connectivity index is 5.25. The molecule has 0 aliphatic heterocycles. The first-order chi connectivity index (χ1) is 41.9. The lowest BCUT2D eigenvalue weighted by Crippen LogP contribution is -2.30. The summed E-state index contributed by atoms with van der Waals surface area (Å²) >= 11 is 0. The van der Waals surface area contributed by atoms with E-state index in [0.29, 0.717) is 31.6 Å². The Morgan fingerprint density at radius 2 is 0.529 bits per heavy atom. The van der Waals surface area contributed by atoms with Crippen molar-refractivity contribution in [2.45, 2.75) is 362 Å². The van der Waals surface area contributed by atoms with Gasteiger partial charge in [-0.05, 0) is 37.5 Å². The maximum Gasteiger partial charge on any atom is 0.472 e. The number of unbranched alkanes of at least 4 members (excludes halogenated alkanes) is 37. The highest BCUT2D eigenvalue weighted by Gasteiger charge is 2.30. The molecular weight excluding hydrogens is 1150 g/mol. The molecule has 0 aliphatic rings. The van der Waals surface area contributed by atoms with Crippen LogP contribution in [-0.4, -0.2) is 96.7 Å². The number of aliphatic hydroxyl groups is 1. The summed E-state index contributed by atoms with van der Waals surface area (Å²) < 4.78 is 68.2. The number of hydrogen-bond acceptors (Lipinski definition) is 15. The molecule has 0 aromatic carbocycles. The molecule has 0 amide bonds. The summed E-state index contributed by atoms with van der Waals surface area (Å²) in [5.74, 6) is -0.677. The molecule has 516 valence electrons. The number of aliphatic hydroxyl groups excluding tert-OH is 1. The Bertz CT molecular complexity index is 1700. The molecule has 0 fully saturated rings. The van der Waals surface area contributed by atoms with Crippen molar-refractivity contribution in [1.29, 1.82) is 0 Å². The van der Waals surface area contributed by atoms with Gasteiger partial charge >= 0.3 is 39.5 Å². The van der Waals surface area contributed by atoms with Crippen LogP contribution in [-0.2, 0) is 65.4 Å². The average Bonchev–Trinajstić information content (AvgIpc) is 3.66. The summed E-state index contributed by atoms with van der Waals surface area (Å²) in [5.41, 5.74) is 0. The minimum absolute atomic E-state index is 0.106. The van der Waals surface area contributed by atoms with E-state index in [1.807, 2.05) is 0 Å². The topological polar surface area (TPSA) is 237 Å². The van der Waals surface area contributed by atoms with Crippen LogP contribution in [0.2, 0.25) is 0 Å². The first kappa shape index (κ1) is 85.1. The number of phosphoric ester groups is 2. The predicted molar refractivity (Wildman–Crippen MR) is 349 cm³/mol. The number of rotatable bonds is 67. The van der Waals surface area contributed by atoms with Crippen LogP contribution < -0.4 is 0 Å². The van der Waals surface area contributed by atoms with E-state index in [1.54, 1.807) is 0 Å². The quantitative estimate of drug-likeness (QED) is 0.0222. The first-order valence-corrected chi connectivity index (χ1v) is 38.5. The molecule has 0 saturated heterocycles. The van der Waals surface area contributed by atoms with Gasteiger partial charge in [-0.25, -0.2) is 9.13 Å². The van der Waals surface area contributed by atoms with Crippen molar-refractivity contribution in [2.24, 2.45) is 11.8 Å². The molecule has 0 aliphatic carbocycles. The van der Waals surface area contributed by atoms with Gasteiger partial charge in [-0.2, -0.15) is 0 Å². The van der Waals surface area contributed by atoms with Crippen LogP contribution in [0.3, 0.4) is 0 Å². The number of esters is 4. The Labute approximate surface area is 530 Å². The average molecular weight is 1280 g/mol. The van der Waals surface area contributed by atoms with E-state index >= 15 is 0 Å². The molecule has 0 spiro atoms. The third-order valence-electron chi connectivity index (χ3n) is 15.7.